The number of hydrogen-bond donors (Lipinski definition) is 2. The number of rotatable bonds is 7. The Morgan fingerprint density at radius 2 is 1.76 bits per heavy atom. The minimum absolute atomic E-state index is 0.487. The number of aryl methyl sites for hydroxylation is 1. The van der Waals surface area contributed by atoms with E-state index in [1.807, 2.05) is 12.1 Å². The topological polar surface area (TPSA) is 75.3 Å². The maximum absolute atomic E-state index is 13.7. The van der Waals surface area contributed by atoms with Crippen molar-refractivity contribution >= 4 is 21.6 Å². The van der Waals surface area contributed by atoms with Gasteiger partial charge in [0.1, 0.15) is 10.7 Å². The molecule has 1 unspecified atom stereocenters. The fourth-order valence-electron chi connectivity index (χ4n) is 2.31. The molecule has 0 radical (unpaired) electrons. The van der Waals surface area contributed by atoms with Crippen molar-refractivity contribution in [3.63, 3.8) is 0 Å². The summed E-state index contributed by atoms with van der Waals surface area (Å²) in [5.74, 6) is -1.39. The summed E-state index contributed by atoms with van der Waals surface area (Å²) < 4.78 is 40.3. The first-order valence-electron chi connectivity index (χ1n) is 8.00. The molecule has 1 amide bonds. The summed E-state index contributed by atoms with van der Waals surface area (Å²) in [5, 5.41) is 2.64. The van der Waals surface area contributed by atoms with Gasteiger partial charge in [0.05, 0.1) is 6.04 Å². The summed E-state index contributed by atoms with van der Waals surface area (Å²) >= 11 is 0. The quantitative estimate of drug-likeness (QED) is 0.793. The van der Waals surface area contributed by atoms with Gasteiger partial charge in [0.2, 0.25) is 15.9 Å². The molecule has 0 spiro atoms. The molecular weight excluding hydrogens is 343 g/mol. The van der Waals surface area contributed by atoms with Crippen molar-refractivity contribution in [1.29, 1.82) is 0 Å². The predicted octanol–water partition coefficient (Wildman–Crippen LogP) is 3.08. The number of nitrogens with one attached hydrogen (secondary N) is 2. The maximum atomic E-state index is 13.7. The molecule has 0 heterocycles. The molecule has 0 bridgehead atoms. The Kier molecular flexibility index (Phi) is 6.27. The van der Waals surface area contributed by atoms with E-state index in [-0.39, 0.29) is 0 Å². The number of halogens is 1. The van der Waals surface area contributed by atoms with Crippen LogP contribution in [0, 0.1) is 5.82 Å². The van der Waals surface area contributed by atoms with Crippen molar-refractivity contribution in [3.8, 4) is 0 Å². The smallest absolute Gasteiger partial charge is 0.244 e. The van der Waals surface area contributed by atoms with Crippen molar-refractivity contribution in [1.82, 2.24) is 4.72 Å². The number of carbonyl (C=O) groups excluding carboxylic acids is 1. The highest BCUT2D eigenvalue weighted by Crippen LogP contribution is 2.15. The molecule has 0 saturated carbocycles. The van der Waals surface area contributed by atoms with Crippen LogP contribution in [-0.4, -0.2) is 20.4 Å². The van der Waals surface area contributed by atoms with Crippen LogP contribution in [0.1, 0.15) is 25.8 Å². The Bertz CT molecular complexity index is 836. The van der Waals surface area contributed by atoms with Crippen molar-refractivity contribution < 1.29 is 17.6 Å². The summed E-state index contributed by atoms with van der Waals surface area (Å²) in [5.41, 5.74) is 1.73. The first-order chi connectivity index (χ1) is 11.8. The van der Waals surface area contributed by atoms with E-state index >= 15 is 0 Å². The largest absolute Gasteiger partial charge is 0.325 e. The van der Waals surface area contributed by atoms with Crippen LogP contribution < -0.4 is 10.0 Å². The minimum Gasteiger partial charge on any atom is -0.325 e. The molecule has 2 aromatic rings. The highest BCUT2D eigenvalue weighted by atomic mass is 32.2. The van der Waals surface area contributed by atoms with Crippen LogP contribution in [0.25, 0.3) is 0 Å². The second-order valence-corrected chi connectivity index (χ2v) is 7.39. The third kappa shape index (κ3) is 5.11. The fourth-order valence-corrected chi connectivity index (χ4v) is 3.59. The average Bonchev–Trinajstić information content (AvgIpc) is 2.56. The lowest BCUT2D eigenvalue weighted by atomic mass is 10.1. The lowest BCUT2D eigenvalue weighted by Crippen LogP contribution is -2.41. The van der Waals surface area contributed by atoms with Crippen molar-refractivity contribution in [2.24, 2.45) is 0 Å². The lowest BCUT2D eigenvalue weighted by Gasteiger charge is -2.15. The molecule has 0 aliphatic rings. The predicted molar refractivity (Wildman–Crippen MR) is 95.3 cm³/mol. The Morgan fingerprint density at radius 1 is 1.12 bits per heavy atom. The Hall–Kier alpha value is -2.25. The van der Waals surface area contributed by atoms with Crippen LogP contribution in [0.3, 0.4) is 0 Å². The van der Waals surface area contributed by atoms with Gasteiger partial charge in [-0.1, -0.05) is 37.6 Å². The third-order valence-electron chi connectivity index (χ3n) is 3.61. The fraction of sp³-hybridized carbons (Fsp3) is 0.278. The molecule has 2 aromatic carbocycles. The van der Waals surface area contributed by atoms with Crippen molar-refractivity contribution in [3.05, 3.63) is 59.9 Å². The molecule has 0 fully saturated rings. The summed E-state index contributed by atoms with van der Waals surface area (Å²) in [7, 11) is -4.13. The summed E-state index contributed by atoms with van der Waals surface area (Å²) in [6.07, 6.45) is 1.98. The molecule has 0 aromatic heterocycles. The van der Waals surface area contributed by atoms with Gasteiger partial charge in [-0.05, 0) is 43.2 Å². The molecule has 1 atom stereocenters. The number of hydrogen-bond acceptors (Lipinski definition) is 3. The zero-order valence-electron chi connectivity index (χ0n) is 14.1. The molecule has 25 heavy (non-hydrogen) atoms. The molecule has 7 heteroatoms. The number of anilines is 1. The van der Waals surface area contributed by atoms with E-state index in [9.17, 15) is 17.6 Å². The van der Waals surface area contributed by atoms with E-state index < -0.39 is 32.7 Å². The van der Waals surface area contributed by atoms with Gasteiger partial charge < -0.3 is 5.32 Å². The molecule has 134 valence electrons. The Labute approximate surface area is 147 Å². The van der Waals surface area contributed by atoms with Gasteiger partial charge in [0, 0.05) is 5.69 Å². The van der Waals surface area contributed by atoms with Gasteiger partial charge in [-0.3, -0.25) is 4.79 Å². The van der Waals surface area contributed by atoms with E-state index in [4.69, 9.17) is 0 Å². The standard InChI is InChI=1S/C18H21FN2O3S/c1-3-6-14-9-11-15(12-10-14)20-18(22)13(2)21-25(23,24)17-8-5-4-7-16(17)19/h4-5,7-13,21H,3,6H2,1-2H3,(H,20,22). The third-order valence-corrected chi connectivity index (χ3v) is 5.19. The van der Waals surface area contributed by atoms with E-state index in [0.717, 1.165) is 30.5 Å². The normalized spacial score (nSPS) is 12.6. The van der Waals surface area contributed by atoms with Crippen LogP contribution in [0.15, 0.2) is 53.4 Å². The minimum atomic E-state index is -4.13. The van der Waals surface area contributed by atoms with Crippen LogP contribution in [-0.2, 0) is 21.2 Å². The summed E-state index contributed by atoms with van der Waals surface area (Å²) in [4.78, 5) is 11.7. The molecule has 0 aliphatic carbocycles. The number of carbonyl (C=O) groups is 1. The van der Waals surface area contributed by atoms with Crippen molar-refractivity contribution in [2.75, 3.05) is 5.32 Å². The summed E-state index contributed by atoms with van der Waals surface area (Å²) in [6, 6.07) is 11.3. The van der Waals surface area contributed by atoms with Crippen LogP contribution in [0.5, 0.6) is 0 Å². The highest BCUT2D eigenvalue weighted by molar-refractivity contribution is 7.89. The zero-order chi connectivity index (χ0) is 18.4. The molecule has 0 aliphatic heterocycles. The van der Waals surface area contributed by atoms with E-state index in [2.05, 4.69) is 17.0 Å². The Morgan fingerprint density at radius 3 is 2.36 bits per heavy atom. The number of benzene rings is 2. The van der Waals surface area contributed by atoms with E-state index in [0.29, 0.717) is 5.69 Å². The van der Waals surface area contributed by atoms with Crippen molar-refractivity contribution in [2.45, 2.75) is 37.6 Å². The number of amides is 1. The zero-order valence-corrected chi connectivity index (χ0v) is 14.9. The van der Waals surface area contributed by atoms with Gasteiger partial charge >= 0.3 is 0 Å². The molecule has 2 rings (SSSR count). The number of sulfonamides is 1. The summed E-state index contributed by atoms with van der Waals surface area (Å²) in [6.45, 7) is 3.48. The second-order valence-electron chi connectivity index (χ2n) is 5.71. The highest BCUT2D eigenvalue weighted by Gasteiger charge is 2.24. The Balaban J connectivity index is 2.03. The SMILES string of the molecule is CCCc1ccc(NC(=O)C(C)NS(=O)(=O)c2ccccc2F)cc1. The second kappa shape index (κ2) is 8.22. The maximum Gasteiger partial charge on any atom is 0.244 e. The van der Waals surface area contributed by atoms with Crippen LogP contribution in [0.2, 0.25) is 0 Å². The molecular formula is C18H21FN2O3S. The van der Waals surface area contributed by atoms with Gasteiger partial charge in [0.25, 0.3) is 0 Å². The monoisotopic (exact) mass is 364 g/mol. The lowest BCUT2D eigenvalue weighted by molar-refractivity contribution is -0.117. The van der Waals surface area contributed by atoms with E-state index in [1.54, 1.807) is 12.1 Å². The average molecular weight is 364 g/mol. The molecule has 0 saturated heterocycles. The molecule has 5 nitrogen and oxygen atoms in total. The van der Waals surface area contributed by atoms with Gasteiger partial charge in [-0.15, -0.1) is 0 Å². The van der Waals surface area contributed by atoms with Gasteiger partial charge in [-0.25, -0.2) is 12.8 Å². The molecule has 2 N–H and O–H groups in total. The van der Waals surface area contributed by atoms with Crippen LogP contribution >= 0.6 is 0 Å². The van der Waals surface area contributed by atoms with Gasteiger partial charge in [-0.2, -0.15) is 4.72 Å². The van der Waals surface area contributed by atoms with Gasteiger partial charge in [0.15, 0.2) is 0 Å². The van der Waals surface area contributed by atoms with E-state index in [1.165, 1.54) is 19.1 Å². The first-order valence-corrected chi connectivity index (χ1v) is 9.48. The first kappa shape index (κ1) is 19.1. The van der Waals surface area contributed by atoms with Crippen LogP contribution in [0.4, 0.5) is 10.1 Å².